The molecule has 35 heavy (non-hydrogen) atoms. The summed E-state index contributed by atoms with van der Waals surface area (Å²) in [7, 11) is 0. The van der Waals surface area contributed by atoms with Crippen LogP contribution >= 0.6 is 11.6 Å². The van der Waals surface area contributed by atoms with Gasteiger partial charge in [-0.25, -0.2) is 4.98 Å². The first kappa shape index (κ1) is 23.9. The average Bonchev–Trinajstić information content (AvgIpc) is 3.30. The van der Waals surface area contributed by atoms with Crippen molar-refractivity contribution < 1.29 is 4.79 Å². The number of pyridine rings is 1. The lowest BCUT2D eigenvalue weighted by molar-refractivity contribution is 0.1000. The van der Waals surface area contributed by atoms with E-state index < -0.39 is 5.91 Å². The highest BCUT2D eigenvalue weighted by atomic mass is 35.5. The van der Waals surface area contributed by atoms with Crippen LogP contribution < -0.4 is 25.3 Å². The van der Waals surface area contributed by atoms with Crippen LogP contribution in [0.2, 0.25) is 5.02 Å². The summed E-state index contributed by atoms with van der Waals surface area (Å²) >= 11 is 6.46. The van der Waals surface area contributed by atoms with E-state index in [9.17, 15) is 4.79 Å². The maximum Gasteiger partial charge on any atom is 0.250 e. The van der Waals surface area contributed by atoms with Crippen molar-refractivity contribution in [2.24, 2.45) is 5.73 Å². The molecular weight excluding hydrogens is 464 g/mol. The first-order chi connectivity index (χ1) is 16.9. The Balaban J connectivity index is 1.40. The van der Waals surface area contributed by atoms with E-state index in [-0.39, 0.29) is 6.04 Å². The maximum atomic E-state index is 11.5. The molecule has 2 aromatic rings. The number of hydrogen-bond donors (Lipinski definition) is 1. The first-order valence-electron chi connectivity index (χ1n) is 12.8. The van der Waals surface area contributed by atoms with Crippen LogP contribution in [0.4, 0.5) is 23.4 Å². The number of anilines is 4. The third-order valence-electron chi connectivity index (χ3n) is 7.50. The second-order valence-electron chi connectivity index (χ2n) is 10.00. The second-order valence-corrected chi connectivity index (χ2v) is 10.4. The number of hydrogen-bond acceptors (Lipinski definition) is 8. The number of piperidine rings is 1. The van der Waals surface area contributed by atoms with E-state index >= 15 is 0 Å². The van der Waals surface area contributed by atoms with Gasteiger partial charge in [0.25, 0.3) is 0 Å². The maximum absolute atomic E-state index is 11.5. The Morgan fingerprint density at radius 1 is 0.914 bits per heavy atom. The number of carbonyl (C=O) groups is 1. The zero-order valence-corrected chi connectivity index (χ0v) is 21.4. The molecular formula is C25H35ClN8O. The van der Waals surface area contributed by atoms with Crippen LogP contribution in [0.1, 0.15) is 56.3 Å². The van der Waals surface area contributed by atoms with Crippen molar-refractivity contribution in [2.75, 3.05) is 58.9 Å². The van der Waals surface area contributed by atoms with Crippen LogP contribution in [0.25, 0.3) is 0 Å². The summed E-state index contributed by atoms with van der Waals surface area (Å²) in [5, 5.41) is 0.446. The highest BCUT2D eigenvalue weighted by molar-refractivity contribution is 6.33. The van der Waals surface area contributed by atoms with Gasteiger partial charge in [-0.2, -0.15) is 9.97 Å². The normalized spacial score (nSPS) is 23.2. The molecule has 10 heteroatoms. The second kappa shape index (κ2) is 10.0. The molecule has 5 heterocycles. The van der Waals surface area contributed by atoms with Gasteiger partial charge in [0.15, 0.2) is 0 Å². The first-order valence-corrected chi connectivity index (χ1v) is 13.2. The van der Waals surface area contributed by atoms with Crippen LogP contribution in [0.15, 0.2) is 18.3 Å². The van der Waals surface area contributed by atoms with Crippen LogP contribution in [0, 0.1) is 0 Å². The molecule has 2 aromatic heterocycles. The molecule has 3 aliphatic heterocycles. The summed E-state index contributed by atoms with van der Waals surface area (Å²) in [6.07, 6.45) is 7.59. The average molecular weight is 499 g/mol. The fraction of sp³-hybridized carbons (Fsp3) is 0.600. The Labute approximate surface area is 212 Å². The molecule has 2 atom stereocenters. The summed E-state index contributed by atoms with van der Waals surface area (Å²) < 4.78 is 0. The summed E-state index contributed by atoms with van der Waals surface area (Å²) in [4.78, 5) is 35.4. The molecule has 1 amide bonds. The van der Waals surface area contributed by atoms with Crippen molar-refractivity contribution in [1.82, 2.24) is 15.0 Å². The van der Waals surface area contributed by atoms with E-state index in [0.29, 0.717) is 22.4 Å². The van der Waals surface area contributed by atoms with Crippen LogP contribution in [0.3, 0.4) is 0 Å². The van der Waals surface area contributed by atoms with Gasteiger partial charge in [-0.1, -0.05) is 11.6 Å². The minimum atomic E-state index is -0.527. The predicted octanol–water partition coefficient (Wildman–Crippen LogP) is 3.32. The SMILES string of the molecule is C[C@@H]1CN(c2ncc(C(N)=O)cc2Cl)CCN1c1cc(N2CCCCC2)nc(N2CCC[C@@H]2C)n1. The highest BCUT2D eigenvalue weighted by Crippen LogP contribution is 2.32. The van der Waals surface area contributed by atoms with Crippen LogP contribution in [-0.4, -0.2) is 72.2 Å². The van der Waals surface area contributed by atoms with Crippen molar-refractivity contribution in [3.63, 3.8) is 0 Å². The van der Waals surface area contributed by atoms with Gasteiger partial charge in [-0.05, 0) is 52.0 Å². The van der Waals surface area contributed by atoms with E-state index in [1.165, 1.54) is 38.3 Å². The van der Waals surface area contributed by atoms with E-state index in [1.54, 1.807) is 6.07 Å². The van der Waals surface area contributed by atoms with Crippen molar-refractivity contribution in [1.29, 1.82) is 0 Å². The summed E-state index contributed by atoms with van der Waals surface area (Å²) in [5.41, 5.74) is 5.69. The molecule has 3 aliphatic rings. The Bertz CT molecular complexity index is 1080. The highest BCUT2D eigenvalue weighted by Gasteiger charge is 2.30. The summed E-state index contributed by atoms with van der Waals surface area (Å²) in [6.45, 7) is 9.90. The number of nitrogens with zero attached hydrogens (tertiary/aromatic N) is 7. The Morgan fingerprint density at radius 3 is 2.34 bits per heavy atom. The Kier molecular flexibility index (Phi) is 6.86. The number of primary amides is 1. The number of amides is 1. The number of rotatable bonds is 5. The number of piperazine rings is 1. The van der Waals surface area contributed by atoms with Gasteiger partial charge in [-0.3, -0.25) is 4.79 Å². The Morgan fingerprint density at radius 2 is 1.69 bits per heavy atom. The van der Waals surface area contributed by atoms with Gasteiger partial charge in [0.2, 0.25) is 11.9 Å². The smallest absolute Gasteiger partial charge is 0.250 e. The minimum Gasteiger partial charge on any atom is -0.366 e. The van der Waals surface area contributed by atoms with Gasteiger partial charge < -0.3 is 25.3 Å². The fourth-order valence-electron chi connectivity index (χ4n) is 5.49. The molecule has 0 bridgehead atoms. The zero-order chi connectivity index (χ0) is 24.5. The standard InChI is InChI=1S/C25H35ClN8O/c1-17-7-6-10-34(17)25-29-21(31-8-4-3-5-9-31)14-22(30-25)33-12-11-32(16-18(33)2)24-20(26)13-19(15-28-24)23(27)35/h13-15,17-18H,3-12,16H2,1-2H3,(H2,27,35)/t17-,18+/m0/s1. The topological polar surface area (TPSA) is 94.7 Å². The molecule has 3 fully saturated rings. The molecule has 188 valence electrons. The monoisotopic (exact) mass is 498 g/mol. The van der Waals surface area contributed by atoms with Gasteiger partial charge in [0.1, 0.15) is 17.5 Å². The van der Waals surface area contributed by atoms with Crippen molar-refractivity contribution >= 4 is 40.9 Å². The van der Waals surface area contributed by atoms with Crippen LogP contribution in [-0.2, 0) is 0 Å². The molecule has 2 N–H and O–H groups in total. The van der Waals surface area contributed by atoms with Gasteiger partial charge in [0.05, 0.1) is 10.6 Å². The lowest BCUT2D eigenvalue weighted by atomic mass is 10.1. The van der Waals surface area contributed by atoms with E-state index in [1.807, 2.05) is 0 Å². The van der Waals surface area contributed by atoms with Crippen molar-refractivity contribution in [2.45, 2.75) is 58.0 Å². The number of carbonyl (C=O) groups excluding carboxylic acids is 1. The summed E-state index contributed by atoms with van der Waals surface area (Å²) in [6, 6.07) is 4.44. The van der Waals surface area contributed by atoms with Gasteiger partial charge in [-0.15, -0.1) is 0 Å². The number of nitrogens with two attached hydrogens (primary N) is 1. The van der Waals surface area contributed by atoms with Crippen molar-refractivity contribution in [3.8, 4) is 0 Å². The molecule has 0 unspecified atom stereocenters. The van der Waals surface area contributed by atoms with Gasteiger partial charge in [0, 0.05) is 63.6 Å². The quantitative estimate of drug-likeness (QED) is 0.670. The predicted molar refractivity (Wildman–Crippen MR) is 141 cm³/mol. The molecule has 0 saturated carbocycles. The molecule has 5 rings (SSSR count). The molecule has 0 spiro atoms. The largest absolute Gasteiger partial charge is 0.366 e. The van der Waals surface area contributed by atoms with E-state index in [2.05, 4.69) is 44.5 Å². The number of halogens is 1. The van der Waals surface area contributed by atoms with E-state index in [0.717, 1.165) is 56.9 Å². The fourth-order valence-corrected chi connectivity index (χ4v) is 5.78. The molecule has 9 nitrogen and oxygen atoms in total. The molecule has 3 saturated heterocycles. The summed E-state index contributed by atoms with van der Waals surface area (Å²) in [5.74, 6) is 3.05. The van der Waals surface area contributed by atoms with Gasteiger partial charge >= 0.3 is 0 Å². The molecule has 0 aromatic carbocycles. The zero-order valence-electron chi connectivity index (χ0n) is 20.7. The number of aromatic nitrogens is 3. The third kappa shape index (κ3) is 4.96. The molecule has 0 aliphatic carbocycles. The van der Waals surface area contributed by atoms with E-state index in [4.69, 9.17) is 27.3 Å². The minimum absolute atomic E-state index is 0.199. The molecule has 0 radical (unpaired) electrons. The Hall–Kier alpha value is -2.81. The lowest BCUT2D eigenvalue weighted by Crippen LogP contribution is -2.53. The third-order valence-corrected chi connectivity index (χ3v) is 7.78. The lowest BCUT2D eigenvalue weighted by Gasteiger charge is -2.42. The van der Waals surface area contributed by atoms with Crippen molar-refractivity contribution in [3.05, 3.63) is 28.9 Å². The van der Waals surface area contributed by atoms with Crippen LogP contribution in [0.5, 0.6) is 0 Å².